The van der Waals surface area contributed by atoms with Crippen LogP contribution in [-0.2, 0) is 11.3 Å². The van der Waals surface area contributed by atoms with Gasteiger partial charge in [-0.05, 0) is 12.0 Å². The zero-order chi connectivity index (χ0) is 10.9. The number of nitrogens with one attached hydrogen (secondary N) is 1. The van der Waals surface area contributed by atoms with Gasteiger partial charge in [-0.25, -0.2) is 4.79 Å². The lowest BCUT2D eigenvalue weighted by molar-refractivity contribution is 0.144. The fourth-order valence-electron chi connectivity index (χ4n) is 1.09. The SMILES string of the molecule is [CH2]CCCOC(=O)NCc1ccccc1. The quantitative estimate of drug-likeness (QED) is 0.752. The third-order valence-electron chi connectivity index (χ3n) is 1.91. The van der Waals surface area contributed by atoms with Gasteiger partial charge < -0.3 is 10.1 Å². The second-order valence-corrected chi connectivity index (χ2v) is 3.18. The number of hydrogen-bond acceptors (Lipinski definition) is 2. The highest BCUT2D eigenvalue weighted by Crippen LogP contribution is 1.97. The molecule has 0 aliphatic rings. The third-order valence-corrected chi connectivity index (χ3v) is 1.91. The molecule has 1 aromatic rings. The number of unbranched alkanes of at least 4 members (excludes halogenated alkanes) is 1. The number of hydrogen-bond donors (Lipinski definition) is 1. The van der Waals surface area contributed by atoms with Crippen LogP contribution in [0.4, 0.5) is 4.79 Å². The van der Waals surface area contributed by atoms with Crippen LogP contribution in [0.1, 0.15) is 18.4 Å². The first-order valence-corrected chi connectivity index (χ1v) is 5.06. The number of alkyl carbamates (subject to hydrolysis) is 1. The van der Waals surface area contributed by atoms with Gasteiger partial charge in [-0.2, -0.15) is 0 Å². The van der Waals surface area contributed by atoms with Crippen LogP contribution in [0.2, 0.25) is 0 Å². The average molecular weight is 206 g/mol. The van der Waals surface area contributed by atoms with Gasteiger partial charge >= 0.3 is 6.09 Å². The molecule has 0 aliphatic carbocycles. The minimum atomic E-state index is -0.368. The Morgan fingerprint density at radius 2 is 2.07 bits per heavy atom. The van der Waals surface area contributed by atoms with E-state index in [0.29, 0.717) is 13.2 Å². The van der Waals surface area contributed by atoms with Crippen molar-refractivity contribution in [2.75, 3.05) is 6.61 Å². The molecule has 15 heavy (non-hydrogen) atoms. The van der Waals surface area contributed by atoms with Crippen molar-refractivity contribution in [2.45, 2.75) is 19.4 Å². The summed E-state index contributed by atoms with van der Waals surface area (Å²) in [5.41, 5.74) is 1.06. The van der Waals surface area contributed by atoms with Crippen LogP contribution in [0.25, 0.3) is 0 Å². The minimum absolute atomic E-state index is 0.368. The predicted octanol–water partition coefficient (Wildman–Crippen LogP) is 2.53. The lowest BCUT2D eigenvalue weighted by atomic mass is 10.2. The van der Waals surface area contributed by atoms with E-state index in [1.54, 1.807) is 0 Å². The Balaban J connectivity index is 2.17. The maximum atomic E-state index is 11.1. The summed E-state index contributed by atoms with van der Waals surface area (Å²) in [7, 11) is 0. The highest BCUT2D eigenvalue weighted by molar-refractivity contribution is 5.67. The van der Waals surface area contributed by atoms with Crippen molar-refractivity contribution in [3.63, 3.8) is 0 Å². The summed E-state index contributed by atoms with van der Waals surface area (Å²) in [6.07, 6.45) is 1.22. The van der Waals surface area contributed by atoms with E-state index in [4.69, 9.17) is 4.74 Å². The van der Waals surface area contributed by atoms with Crippen LogP contribution in [0.3, 0.4) is 0 Å². The van der Waals surface area contributed by atoms with E-state index in [1.165, 1.54) is 0 Å². The van der Waals surface area contributed by atoms with Crippen LogP contribution in [0.15, 0.2) is 30.3 Å². The molecule has 0 bridgehead atoms. The first-order chi connectivity index (χ1) is 7.33. The van der Waals surface area contributed by atoms with Gasteiger partial charge in [0.1, 0.15) is 0 Å². The van der Waals surface area contributed by atoms with Crippen molar-refractivity contribution in [3.05, 3.63) is 42.8 Å². The Kier molecular flexibility index (Phi) is 5.30. The number of rotatable bonds is 5. The Morgan fingerprint density at radius 1 is 1.33 bits per heavy atom. The second kappa shape index (κ2) is 6.87. The Morgan fingerprint density at radius 3 is 2.73 bits per heavy atom. The molecule has 1 rings (SSSR count). The molecule has 3 heteroatoms. The van der Waals surface area contributed by atoms with Gasteiger partial charge in [-0.3, -0.25) is 0 Å². The molecule has 0 aromatic heterocycles. The standard InChI is InChI=1S/C12H16NO2/c1-2-3-9-15-12(14)13-10-11-7-5-4-6-8-11/h4-8H,1-3,9-10H2,(H,13,14). The van der Waals surface area contributed by atoms with Crippen molar-refractivity contribution < 1.29 is 9.53 Å². The smallest absolute Gasteiger partial charge is 0.407 e. The van der Waals surface area contributed by atoms with E-state index in [9.17, 15) is 4.79 Å². The van der Waals surface area contributed by atoms with E-state index in [1.807, 2.05) is 30.3 Å². The van der Waals surface area contributed by atoms with Crippen molar-refractivity contribution >= 4 is 6.09 Å². The summed E-state index contributed by atoms with van der Waals surface area (Å²) in [6.45, 7) is 4.60. The molecule has 1 amide bonds. The fourth-order valence-corrected chi connectivity index (χ4v) is 1.09. The Labute approximate surface area is 90.4 Å². The molecule has 0 saturated carbocycles. The number of ether oxygens (including phenoxy) is 1. The molecule has 1 radical (unpaired) electrons. The van der Waals surface area contributed by atoms with E-state index >= 15 is 0 Å². The zero-order valence-electron chi connectivity index (χ0n) is 8.74. The normalized spacial score (nSPS) is 9.67. The predicted molar refractivity (Wildman–Crippen MR) is 59.2 cm³/mol. The minimum Gasteiger partial charge on any atom is -0.450 e. The van der Waals surface area contributed by atoms with Crippen molar-refractivity contribution in [1.29, 1.82) is 0 Å². The average Bonchev–Trinajstić information content (AvgIpc) is 2.28. The maximum Gasteiger partial charge on any atom is 0.407 e. The third kappa shape index (κ3) is 5.05. The topological polar surface area (TPSA) is 38.3 Å². The molecular formula is C12H16NO2. The van der Waals surface area contributed by atoms with Gasteiger partial charge in [0, 0.05) is 6.54 Å². The second-order valence-electron chi connectivity index (χ2n) is 3.18. The summed E-state index contributed by atoms with van der Waals surface area (Å²) in [6, 6.07) is 9.72. The molecular weight excluding hydrogens is 190 g/mol. The molecule has 0 spiro atoms. The van der Waals surface area contributed by atoms with Gasteiger partial charge in [0.15, 0.2) is 0 Å². The van der Waals surface area contributed by atoms with Crippen LogP contribution in [0.5, 0.6) is 0 Å². The van der Waals surface area contributed by atoms with Crippen LogP contribution in [0, 0.1) is 6.92 Å². The molecule has 81 valence electrons. The maximum absolute atomic E-state index is 11.1. The molecule has 1 N–H and O–H groups in total. The lowest BCUT2D eigenvalue weighted by Crippen LogP contribution is -2.24. The summed E-state index contributed by atoms with van der Waals surface area (Å²) in [4.78, 5) is 11.1. The zero-order valence-corrected chi connectivity index (χ0v) is 8.74. The highest BCUT2D eigenvalue weighted by Gasteiger charge is 2.00. The lowest BCUT2D eigenvalue weighted by Gasteiger charge is -2.06. The van der Waals surface area contributed by atoms with E-state index < -0.39 is 0 Å². The number of amides is 1. The molecule has 0 aliphatic heterocycles. The van der Waals surface area contributed by atoms with Gasteiger partial charge in [0.05, 0.1) is 6.61 Å². The Hall–Kier alpha value is -1.51. The van der Waals surface area contributed by atoms with Crippen LogP contribution in [-0.4, -0.2) is 12.7 Å². The molecule has 3 nitrogen and oxygen atoms in total. The molecule has 0 unspecified atom stereocenters. The highest BCUT2D eigenvalue weighted by atomic mass is 16.5. The molecule has 1 aromatic carbocycles. The van der Waals surface area contributed by atoms with Crippen molar-refractivity contribution in [2.24, 2.45) is 0 Å². The Bertz CT molecular complexity index is 285. The summed E-state index contributed by atoms with van der Waals surface area (Å²) in [5, 5.41) is 2.68. The van der Waals surface area contributed by atoms with E-state index in [0.717, 1.165) is 18.4 Å². The van der Waals surface area contributed by atoms with Gasteiger partial charge in [0.2, 0.25) is 0 Å². The van der Waals surface area contributed by atoms with Gasteiger partial charge in [-0.15, -0.1) is 0 Å². The summed E-state index contributed by atoms with van der Waals surface area (Å²) < 4.78 is 4.91. The van der Waals surface area contributed by atoms with E-state index in [2.05, 4.69) is 12.2 Å². The molecule has 0 saturated heterocycles. The summed E-state index contributed by atoms with van der Waals surface area (Å²) in [5.74, 6) is 0. The fraction of sp³-hybridized carbons (Fsp3) is 0.333. The van der Waals surface area contributed by atoms with E-state index in [-0.39, 0.29) is 6.09 Å². The first-order valence-electron chi connectivity index (χ1n) is 5.06. The largest absolute Gasteiger partial charge is 0.450 e. The number of benzene rings is 1. The monoisotopic (exact) mass is 206 g/mol. The number of carbonyl (C=O) groups is 1. The first kappa shape index (κ1) is 11.6. The van der Waals surface area contributed by atoms with Crippen molar-refractivity contribution in [1.82, 2.24) is 5.32 Å². The van der Waals surface area contributed by atoms with Crippen molar-refractivity contribution in [3.8, 4) is 0 Å². The molecule has 0 fully saturated rings. The van der Waals surface area contributed by atoms with Gasteiger partial charge in [-0.1, -0.05) is 43.7 Å². The number of carbonyl (C=O) groups excluding carboxylic acids is 1. The molecule has 0 atom stereocenters. The molecule has 0 heterocycles. The van der Waals surface area contributed by atoms with Crippen LogP contribution < -0.4 is 5.32 Å². The van der Waals surface area contributed by atoms with Crippen LogP contribution >= 0.6 is 0 Å². The summed E-state index contributed by atoms with van der Waals surface area (Å²) >= 11 is 0. The van der Waals surface area contributed by atoms with Gasteiger partial charge in [0.25, 0.3) is 0 Å².